The lowest BCUT2D eigenvalue weighted by atomic mass is 10.1. The standard InChI is InChI=1S/C18H28N4O6S/c1-3-5-7-20-15-12(16(26)21(18(20)29)8-6-4-2)22(10-19-15)28-17-14(25)13(24)11(9-23)27-17/h10-11,13-14,17,23-25H,3-9H2,1-2H3/t11-,13-,14-,17+/m1/s1. The third kappa shape index (κ3) is 4.10. The Balaban J connectivity index is 2.05. The molecule has 2 aromatic rings. The molecule has 29 heavy (non-hydrogen) atoms. The van der Waals surface area contributed by atoms with Crippen molar-refractivity contribution in [2.45, 2.75) is 77.2 Å². The smallest absolute Gasteiger partial charge is 0.284 e. The van der Waals surface area contributed by atoms with E-state index in [1.165, 1.54) is 10.9 Å². The highest BCUT2D eigenvalue weighted by Gasteiger charge is 2.44. The van der Waals surface area contributed by atoms with Crippen LogP contribution in [0.2, 0.25) is 0 Å². The minimum absolute atomic E-state index is 0.184. The Bertz CT molecular complexity index is 954. The fourth-order valence-electron chi connectivity index (χ4n) is 3.34. The van der Waals surface area contributed by atoms with Crippen LogP contribution in [0.1, 0.15) is 39.5 Å². The van der Waals surface area contributed by atoms with E-state index in [1.54, 1.807) is 0 Å². The number of unbranched alkanes of at least 4 members (excludes halogenated alkanes) is 2. The molecular weight excluding hydrogens is 400 g/mol. The van der Waals surface area contributed by atoms with Gasteiger partial charge in [0.05, 0.1) is 6.61 Å². The number of nitrogens with zero attached hydrogens (tertiary/aromatic N) is 4. The van der Waals surface area contributed by atoms with E-state index in [9.17, 15) is 20.1 Å². The maximum atomic E-state index is 13.2. The molecule has 0 amide bonds. The van der Waals surface area contributed by atoms with Crippen LogP contribution >= 0.6 is 12.2 Å². The Kier molecular flexibility index (Phi) is 7.06. The monoisotopic (exact) mass is 428 g/mol. The van der Waals surface area contributed by atoms with E-state index in [4.69, 9.17) is 21.8 Å². The second-order valence-electron chi connectivity index (χ2n) is 7.15. The van der Waals surface area contributed by atoms with Gasteiger partial charge < -0.3 is 29.5 Å². The van der Waals surface area contributed by atoms with Gasteiger partial charge in [-0.15, -0.1) is 0 Å². The van der Waals surface area contributed by atoms with Crippen LogP contribution < -0.4 is 10.4 Å². The summed E-state index contributed by atoms with van der Waals surface area (Å²) in [6.45, 7) is 4.73. The normalized spacial score (nSPS) is 24.4. The van der Waals surface area contributed by atoms with E-state index in [1.807, 2.05) is 11.5 Å². The van der Waals surface area contributed by atoms with Gasteiger partial charge in [0.25, 0.3) is 11.8 Å². The molecule has 0 radical (unpaired) electrons. The average molecular weight is 429 g/mol. The lowest BCUT2D eigenvalue weighted by Gasteiger charge is -2.18. The van der Waals surface area contributed by atoms with E-state index in [2.05, 4.69) is 11.9 Å². The molecule has 10 nitrogen and oxygen atoms in total. The number of rotatable bonds is 9. The lowest BCUT2D eigenvalue weighted by Crippen LogP contribution is -2.39. The van der Waals surface area contributed by atoms with Crippen LogP contribution in [0.5, 0.6) is 0 Å². The van der Waals surface area contributed by atoms with Gasteiger partial charge in [-0.05, 0) is 25.1 Å². The zero-order valence-electron chi connectivity index (χ0n) is 16.6. The van der Waals surface area contributed by atoms with Gasteiger partial charge in [0.2, 0.25) is 0 Å². The Labute approximate surface area is 172 Å². The van der Waals surface area contributed by atoms with Gasteiger partial charge in [0.15, 0.2) is 15.9 Å². The van der Waals surface area contributed by atoms with Crippen molar-refractivity contribution in [2.24, 2.45) is 0 Å². The molecule has 0 saturated carbocycles. The highest BCUT2D eigenvalue weighted by molar-refractivity contribution is 7.71. The predicted octanol–water partition coefficient (Wildman–Crippen LogP) is 0.197. The average Bonchev–Trinajstić information content (AvgIpc) is 3.24. The molecule has 3 N–H and O–H groups in total. The summed E-state index contributed by atoms with van der Waals surface area (Å²) >= 11 is 5.56. The number of aliphatic hydroxyl groups excluding tert-OH is 3. The van der Waals surface area contributed by atoms with Crippen molar-refractivity contribution < 1.29 is 24.9 Å². The van der Waals surface area contributed by atoms with Gasteiger partial charge in [0.1, 0.15) is 24.6 Å². The molecule has 3 rings (SSSR count). The van der Waals surface area contributed by atoms with Crippen LogP contribution in [-0.2, 0) is 17.8 Å². The van der Waals surface area contributed by atoms with Gasteiger partial charge in [-0.1, -0.05) is 26.7 Å². The van der Waals surface area contributed by atoms with E-state index in [-0.39, 0.29) is 11.1 Å². The Morgan fingerprint density at radius 2 is 1.83 bits per heavy atom. The minimum atomic E-state index is -1.38. The molecule has 1 saturated heterocycles. The highest BCUT2D eigenvalue weighted by atomic mass is 32.1. The first kappa shape index (κ1) is 21.9. The first-order chi connectivity index (χ1) is 13.9. The minimum Gasteiger partial charge on any atom is -0.394 e. The largest absolute Gasteiger partial charge is 0.394 e. The third-order valence-electron chi connectivity index (χ3n) is 5.07. The molecule has 1 fully saturated rings. The second-order valence-corrected chi connectivity index (χ2v) is 7.52. The van der Waals surface area contributed by atoms with Crippen molar-refractivity contribution in [3.8, 4) is 0 Å². The lowest BCUT2D eigenvalue weighted by molar-refractivity contribution is -0.168. The summed E-state index contributed by atoms with van der Waals surface area (Å²) in [7, 11) is 0. The number of aryl methyl sites for hydroxylation is 1. The second kappa shape index (κ2) is 9.35. The van der Waals surface area contributed by atoms with Crippen molar-refractivity contribution >= 4 is 23.4 Å². The SMILES string of the molecule is CCCCn1c(=O)c2c(ncn2O[C@@H]2O[C@H](CO)[C@@H](O)[C@H]2O)n(CCCC)c1=S. The van der Waals surface area contributed by atoms with Crippen LogP contribution in [0.4, 0.5) is 0 Å². The van der Waals surface area contributed by atoms with E-state index >= 15 is 0 Å². The maximum Gasteiger partial charge on any atom is 0.284 e. The van der Waals surface area contributed by atoms with Gasteiger partial charge >= 0.3 is 0 Å². The summed E-state index contributed by atoms with van der Waals surface area (Å²) in [5.74, 6) is 0. The van der Waals surface area contributed by atoms with Gasteiger partial charge in [-0.3, -0.25) is 9.36 Å². The highest BCUT2D eigenvalue weighted by Crippen LogP contribution is 2.21. The molecule has 162 valence electrons. The molecular formula is C18H28N4O6S. The zero-order chi connectivity index (χ0) is 21.1. The Hall–Kier alpha value is -1.79. The number of hydrogen-bond acceptors (Lipinski definition) is 8. The van der Waals surface area contributed by atoms with Crippen molar-refractivity contribution in [3.63, 3.8) is 0 Å². The molecule has 0 unspecified atom stereocenters. The number of aromatic nitrogens is 4. The molecule has 0 bridgehead atoms. The number of aliphatic hydroxyl groups is 3. The topological polar surface area (TPSA) is 124 Å². The summed E-state index contributed by atoms with van der Waals surface area (Å²) in [6, 6.07) is 0. The Morgan fingerprint density at radius 3 is 2.41 bits per heavy atom. The first-order valence-corrected chi connectivity index (χ1v) is 10.4. The fourth-order valence-corrected chi connectivity index (χ4v) is 3.69. The van der Waals surface area contributed by atoms with Crippen molar-refractivity contribution in [3.05, 3.63) is 21.5 Å². The summed E-state index contributed by atoms with van der Waals surface area (Å²) < 4.78 is 10.3. The van der Waals surface area contributed by atoms with E-state index < -0.39 is 31.2 Å². The number of imidazole rings is 1. The quantitative estimate of drug-likeness (QED) is 0.484. The summed E-state index contributed by atoms with van der Waals surface area (Å²) in [4.78, 5) is 23.1. The molecule has 1 aliphatic rings. The van der Waals surface area contributed by atoms with Gasteiger partial charge in [-0.2, -0.15) is 4.73 Å². The molecule has 2 aromatic heterocycles. The summed E-state index contributed by atoms with van der Waals surface area (Å²) in [5, 5.41) is 29.3. The number of hydrogen-bond donors (Lipinski definition) is 3. The molecule has 0 aliphatic carbocycles. The fraction of sp³-hybridized carbons (Fsp3) is 0.722. The van der Waals surface area contributed by atoms with Crippen LogP contribution in [0.3, 0.4) is 0 Å². The molecule has 1 aliphatic heterocycles. The molecule has 11 heteroatoms. The van der Waals surface area contributed by atoms with Crippen LogP contribution in [0, 0.1) is 4.77 Å². The van der Waals surface area contributed by atoms with Crippen LogP contribution in [0.15, 0.2) is 11.1 Å². The van der Waals surface area contributed by atoms with Crippen molar-refractivity contribution in [1.82, 2.24) is 18.8 Å². The number of fused-ring (bicyclic) bond motifs is 1. The Morgan fingerprint density at radius 1 is 1.17 bits per heavy atom. The molecule has 3 heterocycles. The van der Waals surface area contributed by atoms with E-state index in [0.717, 1.165) is 30.4 Å². The summed E-state index contributed by atoms with van der Waals surface area (Å²) in [6.07, 6.45) is -0.0433. The van der Waals surface area contributed by atoms with E-state index in [0.29, 0.717) is 23.5 Å². The zero-order valence-corrected chi connectivity index (χ0v) is 17.4. The number of ether oxygens (including phenoxy) is 1. The van der Waals surface area contributed by atoms with Crippen molar-refractivity contribution in [1.29, 1.82) is 0 Å². The predicted molar refractivity (Wildman–Crippen MR) is 107 cm³/mol. The van der Waals surface area contributed by atoms with Crippen molar-refractivity contribution in [2.75, 3.05) is 6.61 Å². The molecule has 0 aromatic carbocycles. The summed E-state index contributed by atoms with van der Waals surface area (Å²) in [5.41, 5.74) is 0.243. The van der Waals surface area contributed by atoms with Crippen LogP contribution in [-0.4, -0.2) is 65.4 Å². The molecule has 0 spiro atoms. The van der Waals surface area contributed by atoms with Gasteiger partial charge in [0, 0.05) is 13.1 Å². The van der Waals surface area contributed by atoms with Crippen LogP contribution in [0.25, 0.3) is 11.2 Å². The first-order valence-electron chi connectivity index (χ1n) is 9.94. The van der Waals surface area contributed by atoms with Gasteiger partial charge in [-0.25, -0.2) is 4.98 Å². The third-order valence-corrected chi connectivity index (χ3v) is 5.51. The molecule has 4 atom stereocenters. The maximum absolute atomic E-state index is 13.2.